The Labute approximate surface area is 95.0 Å². The third kappa shape index (κ3) is 4.29. The number of rotatable bonds is 6. The Balaban J connectivity index is 4.34. The lowest BCUT2D eigenvalue weighted by Crippen LogP contribution is -2.48. The second kappa shape index (κ2) is 5.36. The molecule has 0 aliphatic carbocycles. The average molecular weight is 241 g/mol. The Bertz CT molecular complexity index is 210. The molecule has 0 saturated carbocycles. The van der Waals surface area contributed by atoms with Crippen LogP contribution in [0.1, 0.15) is 46.5 Å². The molecule has 3 N–H and O–H groups in total. The van der Waals surface area contributed by atoms with Crippen LogP contribution in [0.3, 0.4) is 0 Å². The molecule has 0 aliphatic rings. The first-order valence-corrected chi connectivity index (χ1v) is 5.57. The predicted molar refractivity (Wildman–Crippen MR) is 58.0 cm³/mol. The molecule has 0 saturated heterocycles. The molecule has 0 bridgehead atoms. The molecule has 0 fully saturated rings. The van der Waals surface area contributed by atoms with Gasteiger partial charge in [0.15, 0.2) is 0 Å². The van der Waals surface area contributed by atoms with Crippen molar-refractivity contribution in [2.24, 2.45) is 11.1 Å². The van der Waals surface area contributed by atoms with E-state index in [1.807, 2.05) is 6.92 Å². The molecule has 0 aromatic rings. The first-order valence-electron chi connectivity index (χ1n) is 5.57. The lowest BCUT2D eigenvalue weighted by Gasteiger charge is -2.42. The fourth-order valence-electron chi connectivity index (χ4n) is 1.68. The normalized spacial score (nSPS) is 20.2. The molecule has 0 amide bonds. The number of hydrogen-bond acceptors (Lipinski definition) is 2. The molecule has 0 aliphatic heterocycles. The van der Waals surface area contributed by atoms with Crippen molar-refractivity contribution in [2.45, 2.75) is 58.2 Å². The fraction of sp³-hybridized carbons (Fsp3) is 1.00. The van der Waals surface area contributed by atoms with Crippen molar-refractivity contribution in [3.8, 4) is 0 Å². The van der Waals surface area contributed by atoms with Gasteiger partial charge in [0.2, 0.25) is 0 Å². The highest BCUT2D eigenvalue weighted by molar-refractivity contribution is 4.92. The zero-order valence-corrected chi connectivity index (χ0v) is 10.2. The second-order valence-corrected chi connectivity index (χ2v) is 4.86. The number of nitrogens with two attached hydrogens (primary N) is 1. The Morgan fingerprint density at radius 2 is 1.62 bits per heavy atom. The maximum absolute atomic E-state index is 12.0. The van der Waals surface area contributed by atoms with Crippen molar-refractivity contribution in [3.63, 3.8) is 0 Å². The van der Waals surface area contributed by atoms with E-state index in [2.05, 4.69) is 0 Å². The molecule has 0 aromatic carbocycles. The van der Waals surface area contributed by atoms with Crippen LogP contribution in [-0.4, -0.2) is 23.4 Å². The molecule has 0 spiro atoms. The molecule has 5 heteroatoms. The van der Waals surface area contributed by atoms with Gasteiger partial charge in [-0.1, -0.05) is 13.8 Å². The van der Waals surface area contributed by atoms with Crippen LogP contribution >= 0.6 is 0 Å². The highest BCUT2D eigenvalue weighted by atomic mass is 19.4. The molecule has 0 heterocycles. The summed E-state index contributed by atoms with van der Waals surface area (Å²) < 4.78 is 36.0. The van der Waals surface area contributed by atoms with Crippen molar-refractivity contribution in [1.82, 2.24) is 0 Å². The fourth-order valence-corrected chi connectivity index (χ4v) is 1.68. The van der Waals surface area contributed by atoms with E-state index in [1.165, 1.54) is 0 Å². The van der Waals surface area contributed by atoms with Crippen molar-refractivity contribution in [2.75, 3.05) is 6.54 Å². The number of aliphatic hydroxyl groups is 1. The summed E-state index contributed by atoms with van der Waals surface area (Å²) in [7, 11) is 0. The largest absolute Gasteiger partial charge is 0.390 e. The van der Waals surface area contributed by atoms with Crippen molar-refractivity contribution in [1.29, 1.82) is 0 Å². The van der Waals surface area contributed by atoms with Crippen LogP contribution in [0.15, 0.2) is 0 Å². The van der Waals surface area contributed by atoms with Gasteiger partial charge < -0.3 is 10.8 Å². The standard InChI is InChI=1S/C11H22F3NO/c1-4-9(2,8-15)10(3,16)6-5-7-11(12,13)14/h16H,4-8,15H2,1-3H3. The summed E-state index contributed by atoms with van der Waals surface area (Å²) in [6.45, 7) is 5.52. The smallest absolute Gasteiger partial charge is 0.389 e. The third-order valence-electron chi connectivity index (χ3n) is 3.65. The van der Waals surface area contributed by atoms with E-state index in [1.54, 1.807) is 13.8 Å². The minimum atomic E-state index is -4.15. The van der Waals surface area contributed by atoms with Gasteiger partial charge in [0.1, 0.15) is 0 Å². The van der Waals surface area contributed by atoms with Crippen molar-refractivity contribution < 1.29 is 18.3 Å². The summed E-state index contributed by atoms with van der Waals surface area (Å²) in [6, 6.07) is 0. The van der Waals surface area contributed by atoms with E-state index >= 15 is 0 Å². The third-order valence-corrected chi connectivity index (χ3v) is 3.65. The second-order valence-electron chi connectivity index (χ2n) is 4.86. The van der Waals surface area contributed by atoms with E-state index in [-0.39, 0.29) is 19.4 Å². The Morgan fingerprint density at radius 1 is 1.12 bits per heavy atom. The number of hydrogen-bond donors (Lipinski definition) is 2. The SMILES string of the molecule is CCC(C)(CN)C(C)(O)CCCC(F)(F)F. The molecule has 0 radical (unpaired) electrons. The van der Waals surface area contributed by atoms with Crippen LogP contribution in [0.4, 0.5) is 13.2 Å². The molecule has 0 aromatic heterocycles. The van der Waals surface area contributed by atoms with Gasteiger partial charge in [0.25, 0.3) is 0 Å². The summed E-state index contributed by atoms with van der Waals surface area (Å²) in [6.07, 6.45) is -4.31. The molecule has 2 unspecified atom stereocenters. The maximum Gasteiger partial charge on any atom is 0.389 e. The average Bonchev–Trinajstić information content (AvgIpc) is 2.13. The number of halogens is 3. The van der Waals surface area contributed by atoms with Crippen LogP contribution in [0, 0.1) is 5.41 Å². The monoisotopic (exact) mass is 241 g/mol. The van der Waals surface area contributed by atoms with Crippen LogP contribution < -0.4 is 5.73 Å². The van der Waals surface area contributed by atoms with Crippen LogP contribution in [0.2, 0.25) is 0 Å². The zero-order chi connectivity index (χ0) is 13.0. The van der Waals surface area contributed by atoms with Gasteiger partial charge >= 0.3 is 6.18 Å². The van der Waals surface area contributed by atoms with Gasteiger partial charge in [-0.15, -0.1) is 0 Å². The molecular formula is C11H22F3NO. The summed E-state index contributed by atoms with van der Waals surface area (Å²) in [4.78, 5) is 0. The highest BCUT2D eigenvalue weighted by Gasteiger charge is 2.41. The van der Waals surface area contributed by atoms with Gasteiger partial charge in [0.05, 0.1) is 5.60 Å². The topological polar surface area (TPSA) is 46.2 Å². The molecule has 2 nitrogen and oxygen atoms in total. The van der Waals surface area contributed by atoms with Crippen molar-refractivity contribution in [3.05, 3.63) is 0 Å². The summed E-state index contributed by atoms with van der Waals surface area (Å²) in [5.74, 6) is 0. The van der Waals surface area contributed by atoms with E-state index in [0.29, 0.717) is 6.42 Å². The lowest BCUT2D eigenvalue weighted by molar-refractivity contribution is -0.141. The van der Waals surface area contributed by atoms with Gasteiger partial charge in [0, 0.05) is 18.4 Å². The van der Waals surface area contributed by atoms with Gasteiger partial charge in [-0.05, 0) is 26.2 Å². The van der Waals surface area contributed by atoms with Crippen LogP contribution in [0.25, 0.3) is 0 Å². The summed E-state index contributed by atoms with van der Waals surface area (Å²) >= 11 is 0. The molecular weight excluding hydrogens is 219 g/mol. The van der Waals surface area contributed by atoms with Gasteiger partial charge in [-0.3, -0.25) is 0 Å². The van der Waals surface area contributed by atoms with E-state index in [4.69, 9.17) is 5.73 Å². The Morgan fingerprint density at radius 3 is 1.94 bits per heavy atom. The predicted octanol–water partition coefficient (Wildman–Crippen LogP) is 2.85. The highest BCUT2D eigenvalue weighted by Crippen LogP contribution is 2.38. The Kier molecular flexibility index (Phi) is 5.26. The van der Waals surface area contributed by atoms with Crippen LogP contribution in [0.5, 0.6) is 0 Å². The molecule has 2 atom stereocenters. The van der Waals surface area contributed by atoms with E-state index < -0.39 is 23.6 Å². The van der Waals surface area contributed by atoms with E-state index in [9.17, 15) is 18.3 Å². The Hall–Kier alpha value is -0.290. The molecule has 16 heavy (non-hydrogen) atoms. The van der Waals surface area contributed by atoms with Crippen LogP contribution in [-0.2, 0) is 0 Å². The number of alkyl halides is 3. The first-order chi connectivity index (χ1) is 7.08. The zero-order valence-electron chi connectivity index (χ0n) is 10.2. The van der Waals surface area contributed by atoms with Gasteiger partial charge in [-0.25, -0.2) is 0 Å². The maximum atomic E-state index is 12.0. The molecule has 0 rings (SSSR count). The summed E-state index contributed by atoms with van der Waals surface area (Å²) in [5, 5.41) is 10.2. The minimum absolute atomic E-state index is 0.0634. The lowest BCUT2D eigenvalue weighted by atomic mass is 9.70. The van der Waals surface area contributed by atoms with Gasteiger partial charge in [-0.2, -0.15) is 13.2 Å². The molecule has 98 valence electrons. The quantitative estimate of drug-likeness (QED) is 0.751. The first kappa shape index (κ1) is 15.7. The summed E-state index contributed by atoms with van der Waals surface area (Å²) in [5.41, 5.74) is 3.90. The minimum Gasteiger partial charge on any atom is -0.390 e. The van der Waals surface area contributed by atoms with E-state index in [0.717, 1.165) is 0 Å². The van der Waals surface area contributed by atoms with Crippen molar-refractivity contribution >= 4 is 0 Å².